The standard InChI is InChI=1S/C14H10BrClN3O4/c1-5-4-23-12-8(15)9(16)10(18-17)6-3-7(14(21)22-2)13(20)19(5)11(6)12/h3,5H,4H2,1-2H3/q+1/t5-/m0/s1. The summed E-state index contributed by atoms with van der Waals surface area (Å²) in [6, 6.07) is 0.986. The maximum absolute atomic E-state index is 12.7. The first-order valence-corrected chi connectivity index (χ1v) is 7.75. The molecule has 0 saturated carbocycles. The SMILES string of the molecule is COC(=O)c1cc2c([N+]#N)c(Cl)c(Br)c3c2n(c1=O)[C@@H](C)CO3. The summed E-state index contributed by atoms with van der Waals surface area (Å²) in [5.41, 5.74) is -0.220. The topological polar surface area (TPSA) is 85.7 Å². The van der Waals surface area contributed by atoms with Crippen molar-refractivity contribution in [2.75, 3.05) is 13.7 Å². The Labute approximate surface area is 143 Å². The predicted octanol–water partition coefficient (Wildman–Crippen LogP) is 3.64. The molecule has 23 heavy (non-hydrogen) atoms. The van der Waals surface area contributed by atoms with Gasteiger partial charge in [-0.1, -0.05) is 11.6 Å². The zero-order chi connectivity index (χ0) is 16.9. The van der Waals surface area contributed by atoms with E-state index < -0.39 is 11.5 Å². The Bertz CT molecular complexity index is 964. The van der Waals surface area contributed by atoms with Crippen molar-refractivity contribution >= 4 is 50.1 Å². The van der Waals surface area contributed by atoms with Gasteiger partial charge in [-0.25, -0.2) is 4.79 Å². The number of benzene rings is 1. The third-order valence-electron chi connectivity index (χ3n) is 3.72. The van der Waals surface area contributed by atoms with Crippen LogP contribution in [0.4, 0.5) is 5.69 Å². The summed E-state index contributed by atoms with van der Waals surface area (Å²) in [6.07, 6.45) is 0. The lowest BCUT2D eigenvalue weighted by atomic mass is 10.1. The van der Waals surface area contributed by atoms with Crippen molar-refractivity contribution < 1.29 is 14.3 Å². The Morgan fingerprint density at radius 2 is 2.30 bits per heavy atom. The molecule has 0 amide bonds. The highest BCUT2D eigenvalue weighted by Crippen LogP contribution is 2.48. The van der Waals surface area contributed by atoms with Gasteiger partial charge < -0.3 is 9.47 Å². The fourth-order valence-corrected chi connectivity index (χ4v) is 3.37. The molecular formula is C14H10BrClN3O4+. The molecule has 1 atom stereocenters. The Balaban J connectivity index is 2.61. The minimum atomic E-state index is -0.774. The highest BCUT2D eigenvalue weighted by molar-refractivity contribution is 9.10. The number of carbonyl (C=O) groups is 1. The number of esters is 1. The summed E-state index contributed by atoms with van der Waals surface area (Å²) in [6.45, 7) is 2.01. The van der Waals surface area contributed by atoms with Crippen LogP contribution in [0.25, 0.3) is 15.9 Å². The molecule has 0 unspecified atom stereocenters. The highest BCUT2D eigenvalue weighted by Gasteiger charge is 2.34. The Morgan fingerprint density at radius 3 is 2.91 bits per heavy atom. The molecular weight excluding hydrogens is 390 g/mol. The largest absolute Gasteiger partial charge is 0.488 e. The molecule has 0 saturated heterocycles. The molecule has 1 aliphatic heterocycles. The minimum Gasteiger partial charge on any atom is -0.488 e. The molecule has 2 aromatic rings. The van der Waals surface area contributed by atoms with Crippen molar-refractivity contribution in [1.82, 2.24) is 4.57 Å². The van der Waals surface area contributed by atoms with Gasteiger partial charge in [-0.05, 0) is 28.9 Å². The maximum Gasteiger partial charge on any atom is 0.414 e. The number of carbonyl (C=O) groups excluding carboxylic acids is 1. The summed E-state index contributed by atoms with van der Waals surface area (Å²) < 4.78 is 12.1. The number of pyridine rings is 1. The third kappa shape index (κ3) is 2.11. The summed E-state index contributed by atoms with van der Waals surface area (Å²) in [4.78, 5) is 27.8. The van der Waals surface area contributed by atoms with E-state index in [9.17, 15) is 15.0 Å². The molecule has 0 aliphatic carbocycles. The van der Waals surface area contributed by atoms with E-state index in [1.165, 1.54) is 17.7 Å². The summed E-state index contributed by atoms with van der Waals surface area (Å²) in [5.74, 6) is -0.409. The molecule has 0 spiro atoms. The maximum atomic E-state index is 12.7. The number of diazo groups is 1. The molecule has 9 heteroatoms. The fraction of sp³-hybridized carbons (Fsp3) is 0.286. The quantitative estimate of drug-likeness (QED) is 0.540. The average Bonchev–Trinajstić information content (AvgIpc) is 2.55. The van der Waals surface area contributed by atoms with Crippen LogP contribution < -0.4 is 10.3 Å². The van der Waals surface area contributed by atoms with Crippen LogP contribution in [0.3, 0.4) is 0 Å². The third-order valence-corrected chi connectivity index (χ3v) is 5.07. The average molecular weight is 400 g/mol. The predicted molar refractivity (Wildman–Crippen MR) is 87.2 cm³/mol. The van der Waals surface area contributed by atoms with Crippen LogP contribution in [0.2, 0.25) is 5.02 Å². The monoisotopic (exact) mass is 398 g/mol. The number of hydrogen-bond donors (Lipinski definition) is 0. The Kier molecular flexibility index (Phi) is 3.78. The van der Waals surface area contributed by atoms with Gasteiger partial charge in [0.1, 0.15) is 23.1 Å². The van der Waals surface area contributed by atoms with Gasteiger partial charge in [-0.3, -0.25) is 9.36 Å². The number of ether oxygens (including phenoxy) is 2. The van der Waals surface area contributed by atoms with Crippen molar-refractivity contribution in [1.29, 1.82) is 5.39 Å². The second-order valence-electron chi connectivity index (χ2n) is 5.05. The molecule has 7 nitrogen and oxygen atoms in total. The van der Waals surface area contributed by atoms with Gasteiger partial charge in [-0.15, -0.1) is 0 Å². The fourth-order valence-electron chi connectivity index (χ4n) is 2.66. The first-order valence-electron chi connectivity index (χ1n) is 6.58. The lowest BCUT2D eigenvalue weighted by Gasteiger charge is -2.26. The van der Waals surface area contributed by atoms with Gasteiger partial charge in [0.05, 0.1) is 17.6 Å². The van der Waals surface area contributed by atoms with Crippen LogP contribution in [0.15, 0.2) is 15.3 Å². The zero-order valence-corrected chi connectivity index (χ0v) is 14.4. The Morgan fingerprint density at radius 1 is 1.61 bits per heavy atom. The summed E-state index contributed by atoms with van der Waals surface area (Å²) >= 11 is 9.48. The van der Waals surface area contributed by atoms with E-state index >= 15 is 0 Å². The highest BCUT2D eigenvalue weighted by atomic mass is 79.9. The number of halogens is 2. The molecule has 3 rings (SSSR count). The van der Waals surface area contributed by atoms with E-state index in [2.05, 4.69) is 25.6 Å². The van der Waals surface area contributed by atoms with Crippen molar-refractivity contribution in [2.24, 2.45) is 0 Å². The molecule has 0 bridgehead atoms. The van der Waals surface area contributed by atoms with Gasteiger partial charge in [0.2, 0.25) is 5.39 Å². The van der Waals surface area contributed by atoms with Crippen LogP contribution in [-0.4, -0.2) is 24.3 Å². The number of aromatic nitrogens is 1. The lowest BCUT2D eigenvalue weighted by Crippen LogP contribution is -2.34. The van der Waals surface area contributed by atoms with E-state index in [-0.39, 0.29) is 28.9 Å². The molecule has 0 fully saturated rings. The number of hydrogen-bond acceptors (Lipinski definition) is 5. The van der Waals surface area contributed by atoms with Crippen LogP contribution in [-0.2, 0) is 4.74 Å². The second kappa shape index (κ2) is 5.51. The zero-order valence-electron chi connectivity index (χ0n) is 12.1. The normalized spacial score (nSPS) is 15.9. The van der Waals surface area contributed by atoms with Crippen molar-refractivity contribution in [3.05, 3.63) is 36.5 Å². The first kappa shape index (κ1) is 15.8. The van der Waals surface area contributed by atoms with Crippen LogP contribution in [0.5, 0.6) is 5.75 Å². The van der Waals surface area contributed by atoms with Gasteiger partial charge in [0, 0.05) is 0 Å². The summed E-state index contributed by atoms with van der Waals surface area (Å²) in [5, 5.41) is 9.75. The number of rotatable bonds is 1. The van der Waals surface area contributed by atoms with E-state index in [0.29, 0.717) is 21.1 Å². The van der Waals surface area contributed by atoms with Crippen molar-refractivity contribution in [3.63, 3.8) is 0 Å². The molecule has 1 aromatic heterocycles. The van der Waals surface area contributed by atoms with Crippen LogP contribution in [0, 0.1) is 5.39 Å². The van der Waals surface area contributed by atoms with Gasteiger partial charge >= 0.3 is 11.7 Å². The van der Waals surface area contributed by atoms with Gasteiger partial charge in [-0.2, -0.15) is 0 Å². The van der Waals surface area contributed by atoms with Gasteiger partial charge in [0.25, 0.3) is 5.56 Å². The molecule has 118 valence electrons. The number of nitrogens with zero attached hydrogens (tertiary/aromatic N) is 3. The Hall–Kier alpha value is -2.11. The summed E-state index contributed by atoms with van der Waals surface area (Å²) in [7, 11) is 1.19. The van der Waals surface area contributed by atoms with Crippen molar-refractivity contribution in [3.8, 4) is 5.75 Å². The second-order valence-corrected chi connectivity index (χ2v) is 6.22. The van der Waals surface area contributed by atoms with Crippen LogP contribution in [0.1, 0.15) is 23.3 Å². The van der Waals surface area contributed by atoms with Gasteiger partial charge in [0.15, 0.2) is 15.7 Å². The smallest absolute Gasteiger partial charge is 0.414 e. The van der Waals surface area contributed by atoms with E-state index in [4.69, 9.17) is 16.3 Å². The van der Waals surface area contributed by atoms with E-state index in [1.807, 2.05) is 0 Å². The molecule has 1 aliphatic rings. The number of methoxy groups -OCH3 is 1. The molecule has 1 aromatic carbocycles. The molecule has 2 heterocycles. The first-order chi connectivity index (χ1) is 10.9. The van der Waals surface area contributed by atoms with Crippen LogP contribution >= 0.6 is 27.5 Å². The van der Waals surface area contributed by atoms with E-state index in [1.54, 1.807) is 6.92 Å². The lowest BCUT2D eigenvalue weighted by molar-refractivity contribution is 0.0597. The molecule has 0 radical (unpaired) electrons. The minimum absolute atomic E-state index is 0.0360. The van der Waals surface area contributed by atoms with E-state index in [0.717, 1.165) is 0 Å². The molecule has 0 N–H and O–H groups in total. The van der Waals surface area contributed by atoms with Crippen molar-refractivity contribution in [2.45, 2.75) is 13.0 Å².